The summed E-state index contributed by atoms with van der Waals surface area (Å²) in [4.78, 5) is 23.2. The van der Waals surface area contributed by atoms with Gasteiger partial charge in [-0.2, -0.15) is 0 Å². The average molecular weight is 183 g/mol. The summed E-state index contributed by atoms with van der Waals surface area (Å²) in [5, 5.41) is 2.66. The summed E-state index contributed by atoms with van der Waals surface area (Å²) < 4.78 is 0. The molecule has 0 bridgehead atoms. The van der Waals surface area contributed by atoms with Crippen LogP contribution in [-0.2, 0) is 4.79 Å². The molecule has 0 aliphatic carbocycles. The second-order valence-corrected chi connectivity index (χ2v) is 2.94. The lowest BCUT2D eigenvalue weighted by molar-refractivity contribution is -0.114. The first-order valence-corrected chi connectivity index (χ1v) is 4.11. The lowest BCUT2D eigenvalue weighted by atomic mass is 10.2. The van der Waals surface area contributed by atoms with Crippen LogP contribution >= 0.6 is 0 Å². The molecule has 1 heterocycles. The Kier molecular flexibility index (Phi) is 2.89. The minimum atomic E-state index is -0.500. The molecule has 72 valence electrons. The third kappa shape index (κ3) is 2.47. The summed E-state index contributed by atoms with van der Waals surface area (Å²) in [6, 6.07) is -0.0859. The second-order valence-electron chi connectivity index (χ2n) is 2.94. The molecule has 5 nitrogen and oxygen atoms in total. The Morgan fingerprint density at radius 3 is 2.85 bits per heavy atom. The predicted molar refractivity (Wildman–Crippen MR) is 47.9 cm³/mol. The third-order valence-electron chi connectivity index (χ3n) is 1.98. The zero-order chi connectivity index (χ0) is 9.84. The number of hydrogen-bond donors (Lipinski definition) is 2. The van der Waals surface area contributed by atoms with Crippen molar-refractivity contribution in [3.8, 4) is 0 Å². The molecule has 0 aromatic carbocycles. The van der Waals surface area contributed by atoms with Crippen molar-refractivity contribution in [3.63, 3.8) is 0 Å². The Balaban J connectivity index is 2.30. The topological polar surface area (TPSA) is 75.4 Å². The summed E-state index contributed by atoms with van der Waals surface area (Å²) in [5.41, 5.74) is 5.36. The number of hydrogen-bond acceptors (Lipinski definition) is 2. The molecule has 5 heteroatoms. The number of rotatable bonds is 4. The van der Waals surface area contributed by atoms with Crippen molar-refractivity contribution in [3.05, 3.63) is 12.2 Å². The van der Waals surface area contributed by atoms with E-state index < -0.39 is 5.91 Å². The van der Waals surface area contributed by atoms with Crippen molar-refractivity contribution in [1.82, 2.24) is 10.2 Å². The largest absolute Gasteiger partial charge is 0.366 e. The predicted octanol–water partition coefficient (Wildman–Crippen LogP) is -0.557. The van der Waals surface area contributed by atoms with E-state index in [0.717, 1.165) is 0 Å². The van der Waals surface area contributed by atoms with Gasteiger partial charge in [-0.25, -0.2) is 4.79 Å². The summed E-state index contributed by atoms with van der Waals surface area (Å²) in [6.07, 6.45) is 0.447. The van der Waals surface area contributed by atoms with Crippen molar-refractivity contribution < 1.29 is 9.59 Å². The summed E-state index contributed by atoms with van der Waals surface area (Å²) in [6.45, 7) is 5.37. The third-order valence-corrected chi connectivity index (χ3v) is 1.98. The van der Waals surface area contributed by atoms with E-state index in [1.807, 2.05) is 0 Å². The van der Waals surface area contributed by atoms with Gasteiger partial charge in [-0.05, 0) is 6.42 Å². The van der Waals surface area contributed by atoms with E-state index >= 15 is 0 Å². The lowest BCUT2D eigenvalue weighted by Crippen LogP contribution is -2.30. The van der Waals surface area contributed by atoms with E-state index in [1.54, 1.807) is 4.90 Å². The molecule has 0 aromatic heterocycles. The maximum Gasteiger partial charge on any atom is 0.317 e. The van der Waals surface area contributed by atoms with Gasteiger partial charge < -0.3 is 16.0 Å². The van der Waals surface area contributed by atoms with Crippen LogP contribution in [0.25, 0.3) is 0 Å². The second kappa shape index (κ2) is 3.93. The molecule has 1 fully saturated rings. The minimum Gasteiger partial charge on any atom is -0.366 e. The van der Waals surface area contributed by atoms with Gasteiger partial charge in [-0.15, -0.1) is 0 Å². The number of carbonyl (C=O) groups excluding carboxylic acids is 2. The summed E-state index contributed by atoms with van der Waals surface area (Å²) in [7, 11) is 0. The molecular weight excluding hydrogens is 170 g/mol. The fraction of sp³-hybridized carbons (Fsp3) is 0.500. The van der Waals surface area contributed by atoms with E-state index in [2.05, 4.69) is 11.9 Å². The van der Waals surface area contributed by atoms with Crippen LogP contribution in [-0.4, -0.2) is 36.5 Å². The van der Waals surface area contributed by atoms with Crippen LogP contribution in [0.1, 0.15) is 6.42 Å². The molecule has 1 saturated heterocycles. The van der Waals surface area contributed by atoms with Gasteiger partial charge in [-0.1, -0.05) is 6.58 Å². The lowest BCUT2D eigenvalue weighted by Gasteiger charge is -2.13. The van der Waals surface area contributed by atoms with Crippen LogP contribution in [0.4, 0.5) is 4.79 Å². The van der Waals surface area contributed by atoms with E-state index in [4.69, 9.17) is 5.73 Å². The molecule has 0 saturated carbocycles. The van der Waals surface area contributed by atoms with Gasteiger partial charge in [0.25, 0.3) is 0 Å². The van der Waals surface area contributed by atoms with Gasteiger partial charge in [-0.3, -0.25) is 4.79 Å². The quantitative estimate of drug-likeness (QED) is 0.573. The minimum absolute atomic E-state index is 0.0859. The standard InChI is InChI=1S/C8H13N3O2/c1-6(7(9)12)2-4-11-5-3-10-8(11)13/h1-5H2,(H2,9,12)(H,10,13). The van der Waals surface area contributed by atoms with Crippen LogP contribution in [0.3, 0.4) is 0 Å². The maximum atomic E-state index is 11.0. The number of nitrogens with one attached hydrogen (secondary N) is 1. The van der Waals surface area contributed by atoms with Crippen LogP contribution in [0.5, 0.6) is 0 Å². The smallest absolute Gasteiger partial charge is 0.317 e. The Bertz CT molecular complexity index is 250. The van der Waals surface area contributed by atoms with Crippen LogP contribution in [0.15, 0.2) is 12.2 Å². The molecule has 3 N–H and O–H groups in total. The SMILES string of the molecule is C=C(CCN1CCNC1=O)C(N)=O. The summed E-state index contributed by atoms with van der Waals surface area (Å²) >= 11 is 0. The monoisotopic (exact) mass is 183 g/mol. The normalized spacial score (nSPS) is 15.7. The highest BCUT2D eigenvalue weighted by Crippen LogP contribution is 2.02. The first kappa shape index (κ1) is 9.57. The molecule has 0 radical (unpaired) electrons. The zero-order valence-electron chi connectivity index (χ0n) is 7.38. The zero-order valence-corrected chi connectivity index (χ0v) is 7.38. The fourth-order valence-electron chi connectivity index (χ4n) is 1.12. The first-order valence-electron chi connectivity index (χ1n) is 4.11. The molecule has 13 heavy (non-hydrogen) atoms. The number of nitrogens with zero attached hydrogens (tertiary/aromatic N) is 1. The van der Waals surface area contributed by atoms with Crippen LogP contribution in [0.2, 0.25) is 0 Å². The van der Waals surface area contributed by atoms with E-state index in [9.17, 15) is 9.59 Å². The van der Waals surface area contributed by atoms with Gasteiger partial charge in [0.1, 0.15) is 0 Å². The van der Waals surface area contributed by atoms with Crippen molar-refractivity contribution in [2.45, 2.75) is 6.42 Å². The number of amides is 3. The molecule has 0 unspecified atom stereocenters. The van der Waals surface area contributed by atoms with Crippen molar-refractivity contribution >= 4 is 11.9 Å². The highest BCUT2D eigenvalue weighted by Gasteiger charge is 2.19. The highest BCUT2D eigenvalue weighted by atomic mass is 16.2. The number of nitrogens with two attached hydrogens (primary N) is 1. The van der Waals surface area contributed by atoms with Gasteiger partial charge in [0.15, 0.2) is 0 Å². The number of primary amides is 1. The molecule has 1 aliphatic rings. The Hall–Kier alpha value is -1.52. The summed E-state index contributed by atoms with van der Waals surface area (Å²) in [5.74, 6) is -0.500. The Labute approximate surface area is 76.6 Å². The Morgan fingerprint density at radius 1 is 1.69 bits per heavy atom. The van der Waals surface area contributed by atoms with Crippen LogP contribution in [0, 0.1) is 0 Å². The van der Waals surface area contributed by atoms with Gasteiger partial charge >= 0.3 is 6.03 Å². The molecule has 1 aliphatic heterocycles. The van der Waals surface area contributed by atoms with Crippen LogP contribution < -0.4 is 11.1 Å². The van der Waals surface area contributed by atoms with Crippen molar-refractivity contribution in [2.24, 2.45) is 5.73 Å². The van der Waals surface area contributed by atoms with Gasteiger partial charge in [0, 0.05) is 25.2 Å². The number of carbonyl (C=O) groups is 2. The fourth-order valence-corrected chi connectivity index (χ4v) is 1.12. The van der Waals surface area contributed by atoms with E-state index in [1.165, 1.54) is 0 Å². The van der Waals surface area contributed by atoms with Crippen molar-refractivity contribution in [1.29, 1.82) is 0 Å². The molecule has 0 spiro atoms. The van der Waals surface area contributed by atoms with Crippen molar-refractivity contribution in [2.75, 3.05) is 19.6 Å². The molecule has 1 rings (SSSR count). The molecule has 3 amide bonds. The molecular formula is C8H13N3O2. The first-order chi connectivity index (χ1) is 6.11. The van der Waals surface area contributed by atoms with E-state index in [-0.39, 0.29) is 6.03 Å². The van der Waals surface area contributed by atoms with Gasteiger partial charge in [0.05, 0.1) is 0 Å². The van der Waals surface area contributed by atoms with E-state index in [0.29, 0.717) is 31.6 Å². The molecule has 0 aromatic rings. The Morgan fingerprint density at radius 2 is 2.38 bits per heavy atom. The number of urea groups is 1. The molecule has 0 atom stereocenters. The van der Waals surface area contributed by atoms with Gasteiger partial charge in [0.2, 0.25) is 5.91 Å². The average Bonchev–Trinajstić information content (AvgIpc) is 2.47. The maximum absolute atomic E-state index is 11.0. The highest BCUT2D eigenvalue weighted by molar-refractivity contribution is 5.91.